The number of carbonyl (C=O) groups is 3. The Labute approximate surface area is 264 Å². The highest BCUT2D eigenvalue weighted by Crippen LogP contribution is 2.34. The maximum atomic E-state index is 12.6. The summed E-state index contributed by atoms with van der Waals surface area (Å²) in [6.45, 7) is 3.41. The first-order chi connectivity index (χ1) is 21.2. The van der Waals surface area contributed by atoms with Crippen LogP contribution in [0.2, 0.25) is 10.0 Å². The number of esters is 1. The Kier molecular flexibility index (Phi) is 11.1. The molecule has 44 heavy (non-hydrogen) atoms. The number of methoxy groups -OCH3 is 1. The predicted molar refractivity (Wildman–Crippen MR) is 165 cm³/mol. The lowest BCUT2D eigenvalue weighted by Crippen LogP contribution is -2.45. The van der Waals surface area contributed by atoms with E-state index in [0.29, 0.717) is 39.2 Å². The van der Waals surface area contributed by atoms with Crippen molar-refractivity contribution < 1.29 is 33.3 Å². The zero-order valence-corrected chi connectivity index (χ0v) is 25.6. The van der Waals surface area contributed by atoms with Crippen LogP contribution in [0.5, 0.6) is 17.2 Å². The van der Waals surface area contributed by atoms with Crippen LogP contribution in [0.15, 0.2) is 77.0 Å². The fourth-order valence-corrected chi connectivity index (χ4v) is 4.56. The first-order valence-corrected chi connectivity index (χ1v) is 14.2. The van der Waals surface area contributed by atoms with Gasteiger partial charge in [0.2, 0.25) is 0 Å². The van der Waals surface area contributed by atoms with Crippen molar-refractivity contribution in [3.8, 4) is 17.2 Å². The second kappa shape index (κ2) is 15.1. The topological polar surface area (TPSA) is 137 Å². The van der Waals surface area contributed by atoms with Crippen molar-refractivity contribution in [3.63, 3.8) is 0 Å². The summed E-state index contributed by atoms with van der Waals surface area (Å²) in [5.41, 5.74) is 5.08. The average molecular weight is 642 g/mol. The van der Waals surface area contributed by atoms with E-state index in [0.717, 1.165) is 5.56 Å². The molecule has 0 saturated heterocycles. The number of hydrazone groups is 1. The largest absolute Gasteiger partial charge is 0.493 e. The number of amides is 3. The molecule has 0 aliphatic carbocycles. The van der Waals surface area contributed by atoms with Gasteiger partial charge in [-0.1, -0.05) is 41.4 Å². The molecule has 0 aromatic heterocycles. The van der Waals surface area contributed by atoms with Crippen LogP contribution in [0.3, 0.4) is 0 Å². The molecular weight excluding hydrogens is 611 g/mol. The molecule has 11 nitrogen and oxygen atoms in total. The lowest BCUT2D eigenvalue weighted by Gasteiger charge is -2.28. The number of hydrogen-bond donors (Lipinski definition) is 3. The van der Waals surface area contributed by atoms with Gasteiger partial charge in [0.1, 0.15) is 12.4 Å². The normalized spacial score (nSPS) is 14.5. The predicted octanol–water partition coefficient (Wildman–Crippen LogP) is 5.30. The Morgan fingerprint density at radius 3 is 2.43 bits per heavy atom. The number of allylic oxidation sites excluding steroid dienone is 1. The molecule has 0 fully saturated rings. The van der Waals surface area contributed by atoms with Crippen LogP contribution in [0.1, 0.15) is 36.6 Å². The van der Waals surface area contributed by atoms with E-state index >= 15 is 0 Å². The van der Waals surface area contributed by atoms with Crippen molar-refractivity contribution in [2.45, 2.75) is 26.5 Å². The van der Waals surface area contributed by atoms with E-state index in [4.69, 9.17) is 42.1 Å². The van der Waals surface area contributed by atoms with Gasteiger partial charge in [-0.05, 0) is 67.4 Å². The number of hydrogen-bond acceptors (Lipinski definition) is 8. The van der Waals surface area contributed by atoms with Crippen molar-refractivity contribution in [3.05, 3.63) is 98.7 Å². The van der Waals surface area contributed by atoms with Crippen LogP contribution < -0.4 is 30.3 Å². The van der Waals surface area contributed by atoms with Crippen molar-refractivity contribution in [2.24, 2.45) is 5.10 Å². The third-order valence-corrected chi connectivity index (χ3v) is 6.80. The lowest BCUT2D eigenvalue weighted by atomic mass is 9.95. The summed E-state index contributed by atoms with van der Waals surface area (Å²) in [5.74, 6) is -0.0241. The van der Waals surface area contributed by atoms with Gasteiger partial charge >= 0.3 is 12.0 Å². The van der Waals surface area contributed by atoms with E-state index in [2.05, 4.69) is 21.2 Å². The Morgan fingerprint density at radius 1 is 0.977 bits per heavy atom. The molecule has 1 aliphatic heterocycles. The van der Waals surface area contributed by atoms with Crippen molar-refractivity contribution >= 4 is 47.3 Å². The Hall–Kier alpha value is -4.74. The molecule has 3 aromatic carbocycles. The van der Waals surface area contributed by atoms with Gasteiger partial charge in [-0.3, -0.25) is 4.79 Å². The highest BCUT2D eigenvalue weighted by molar-refractivity contribution is 6.31. The second-order valence-corrected chi connectivity index (χ2v) is 10.3. The van der Waals surface area contributed by atoms with Crippen LogP contribution in [0.25, 0.3) is 0 Å². The fraction of sp³-hybridized carbons (Fsp3) is 0.226. The van der Waals surface area contributed by atoms with Gasteiger partial charge in [-0.25, -0.2) is 15.0 Å². The van der Waals surface area contributed by atoms with Gasteiger partial charge in [0.05, 0.1) is 31.5 Å². The highest BCUT2D eigenvalue weighted by Gasteiger charge is 2.32. The summed E-state index contributed by atoms with van der Waals surface area (Å²) >= 11 is 12.1. The Morgan fingerprint density at radius 2 is 1.70 bits per heavy atom. The number of benzene rings is 3. The SMILES string of the molecule is CCOC(=O)C1=C(C)NC(=O)N[C@H]1c1ccc(OCC(=O)N/N=C/c2cc(Cl)ccc2OCc2ccc(Cl)cc2)c(OC)c1. The standard InChI is InChI=1S/C31H30Cl2N4O7/c1-4-42-30(39)28-18(2)35-31(40)36-29(28)20-7-11-25(26(14-20)41-3)44-17-27(38)37-34-15-21-13-23(33)10-12-24(21)43-16-19-5-8-22(32)9-6-19/h5-15,29H,4,16-17H2,1-3H3,(H,37,38)(H2,35,36,40)/b34-15+/t29-/m0/s1. The lowest BCUT2D eigenvalue weighted by molar-refractivity contribution is -0.139. The molecule has 230 valence electrons. The van der Waals surface area contributed by atoms with Gasteiger partial charge in [-0.15, -0.1) is 0 Å². The van der Waals surface area contributed by atoms with E-state index in [-0.39, 0.29) is 30.3 Å². The number of halogens is 2. The molecule has 0 unspecified atom stereocenters. The summed E-state index contributed by atoms with van der Waals surface area (Å²) in [6, 6.07) is 15.9. The summed E-state index contributed by atoms with van der Waals surface area (Å²) < 4.78 is 22.2. The minimum absolute atomic E-state index is 0.177. The van der Waals surface area contributed by atoms with Crippen LogP contribution in [-0.4, -0.2) is 44.4 Å². The van der Waals surface area contributed by atoms with E-state index in [1.54, 1.807) is 62.4 Å². The van der Waals surface area contributed by atoms with Crippen molar-refractivity contribution in [1.82, 2.24) is 16.1 Å². The molecule has 0 saturated carbocycles. The molecule has 1 atom stereocenters. The molecule has 3 N–H and O–H groups in total. The van der Waals surface area contributed by atoms with Crippen LogP contribution >= 0.6 is 23.2 Å². The molecule has 0 spiro atoms. The maximum Gasteiger partial charge on any atom is 0.338 e. The maximum absolute atomic E-state index is 12.6. The molecule has 4 rings (SSSR count). The third kappa shape index (κ3) is 8.42. The molecule has 1 heterocycles. The molecule has 13 heteroatoms. The van der Waals surface area contributed by atoms with E-state index in [1.165, 1.54) is 13.3 Å². The minimum atomic E-state index is -0.782. The Balaban J connectivity index is 1.39. The van der Waals surface area contributed by atoms with Gasteiger partial charge in [-0.2, -0.15) is 5.10 Å². The first-order valence-electron chi connectivity index (χ1n) is 13.4. The number of urea groups is 1. The fourth-order valence-electron chi connectivity index (χ4n) is 4.25. The number of nitrogens with one attached hydrogen (secondary N) is 3. The van der Waals surface area contributed by atoms with E-state index < -0.39 is 23.9 Å². The number of ether oxygens (including phenoxy) is 4. The molecular formula is C31H30Cl2N4O7. The van der Waals surface area contributed by atoms with Crippen LogP contribution in [0.4, 0.5) is 4.79 Å². The summed E-state index contributed by atoms with van der Waals surface area (Å²) in [6.07, 6.45) is 1.42. The van der Waals surface area contributed by atoms with Gasteiger partial charge < -0.3 is 29.6 Å². The summed E-state index contributed by atoms with van der Waals surface area (Å²) in [7, 11) is 1.43. The first kappa shape index (κ1) is 32.2. The Bertz CT molecular complexity index is 1590. The third-order valence-electron chi connectivity index (χ3n) is 6.32. The minimum Gasteiger partial charge on any atom is -0.493 e. The van der Waals surface area contributed by atoms with E-state index in [1.807, 2.05) is 12.1 Å². The second-order valence-electron chi connectivity index (χ2n) is 9.38. The molecule has 3 aromatic rings. The highest BCUT2D eigenvalue weighted by atomic mass is 35.5. The van der Waals surface area contributed by atoms with Crippen molar-refractivity contribution in [1.29, 1.82) is 0 Å². The summed E-state index contributed by atoms with van der Waals surface area (Å²) in [5, 5.41) is 10.4. The van der Waals surface area contributed by atoms with Crippen molar-refractivity contribution in [2.75, 3.05) is 20.3 Å². The van der Waals surface area contributed by atoms with Crippen LogP contribution in [0, 0.1) is 0 Å². The zero-order chi connectivity index (χ0) is 31.6. The number of carbonyl (C=O) groups excluding carboxylic acids is 3. The number of rotatable bonds is 12. The van der Waals surface area contributed by atoms with Gasteiger partial charge in [0.25, 0.3) is 5.91 Å². The van der Waals surface area contributed by atoms with Crippen LogP contribution in [-0.2, 0) is 20.9 Å². The van der Waals surface area contributed by atoms with E-state index in [9.17, 15) is 14.4 Å². The molecule has 3 amide bonds. The van der Waals surface area contributed by atoms with Gasteiger partial charge in [0, 0.05) is 21.3 Å². The average Bonchev–Trinajstić information content (AvgIpc) is 3.00. The quantitative estimate of drug-likeness (QED) is 0.139. The molecule has 1 aliphatic rings. The molecule has 0 bridgehead atoms. The van der Waals surface area contributed by atoms with Gasteiger partial charge in [0.15, 0.2) is 18.1 Å². The molecule has 0 radical (unpaired) electrons. The smallest absolute Gasteiger partial charge is 0.338 e. The number of nitrogens with zero attached hydrogens (tertiary/aromatic N) is 1. The monoisotopic (exact) mass is 640 g/mol. The summed E-state index contributed by atoms with van der Waals surface area (Å²) in [4.78, 5) is 37.3. The zero-order valence-electron chi connectivity index (χ0n) is 24.1.